The van der Waals surface area contributed by atoms with Crippen molar-refractivity contribution in [3.8, 4) is 11.5 Å². The zero-order valence-corrected chi connectivity index (χ0v) is 14.1. The number of aromatic hydroxyl groups is 2. The fourth-order valence-electron chi connectivity index (χ4n) is 3.22. The number of hydrogen-bond donors (Lipinski definition) is 5. The molecule has 0 saturated heterocycles. The number of phenolic OH excluding ortho intramolecular Hbond substituents is 2. The molecule has 140 valence electrons. The summed E-state index contributed by atoms with van der Waals surface area (Å²) >= 11 is 0. The van der Waals surface area contributed by atoms with Gasteiger partial charge in [-0.2, -0.15) is 0 Å². The highest BCUT2D eigenvalue weighted by molar-refractivity contribution is 6.21. The molecule has 1 aliphatic carbocycles. The van der Waals surface area contributed by atoms with E-state index in [0.29, 0.717) is 0 Å². The van der Waals surface area contributed by atoms with E-state index in [9.17, 15) is 35.1 Å². The molecule has 2 aromatic carbocycles. The average Bonchev–Trinajstić information content (AvgIpc) is 2.82. The van der Waals surface area contributed by atoms with Gasteiger partial charge in [-0.05, 0) is 35.4 Å². The summed E-state index contributed by atoms with van der Waals surface area (Å²) in [7, 11) is 0.950. The van der Waals surface area contributed by atoms with E-state index in [1.54, 1.807) is 0 Å². The van der Waals surface area contributed by atoms with Crippen molar-refractivity contribution in [2.45, 2.75) is 11.2 Å². The first-order chi connectivity index (χ1) is 12.7. The van der Waals surface area contributed by atoms with Gasteiger partial charge in [-0.1, -0.05) is 24.3 Å². The van der Waals surface area contributed by atoms with Crippen LogP contribution in [0.15, 0.2) is 54.3 Å². The van der Waals surface area contributed by atoms with E-state index in [2.05, 4.69) is 4.74 Å². The number of esters is 1. The number of carbonyl (C=O) groups excluding carboxylic acids is 2. The Bertz CT molecular complexity index is 945. The van der Waals surface area contributed by atoms with Crippen molar-refractivity contribution >= 4 is 17.3 Å². The fraction of sp³-hybridized carbons (Fsp3) is 0.158. The van der Waals surface area contributed by atoms with Crippen molar-refractivity contribution in [1.29, 1.82) is 0 Å². The number of ketones is 1. The number of benzene rings is 2. The van der Waals surface area contributed by atoms with E-state index in [0.717, 1.165) is 31.4 Å². The first kappa shape index (κ1) is 18.4. The van der Waals surface area contributed by atoms with Crippen molar-refractivity contribution in [2.24, 2.45) is 0 Å². The maximum atomic E-state index is 12.8. The van der Waals surface area contributed by atoms with E-state index in [1.807, 2.05) is 0 Å². The van der Waals surface area contributed by atoms with Crippen molar-refractivity contribution in [3.63, 3.8) is 0 Å². The van der Waals surface area contributed by atoms with Crippen LogP contribution in [-0.2, 0) is 19.9 Å². The SMILES string of the molecule is COC(=O)[C@@]1(O)C(c2ccc(O)cc2)=C(O)C(=O)[C@@]1(O)c1ccc(O)cc1. The summed E-state index contributed by atoms with van der Waals surface area (Å²) in [5.41, 5.74) is -6.66. The third-order valence-electron chi connectivity index (χ3n) is 4.59. The molecule has 27 heavy (non-hydrogen) atoms. The zero-order chi connectivity index (χ0) is 20.0. The van der Waals surface area contributed by atoms with E-state index >= 15 is 0 Å². The summed E-state index contributed by atoms with van der Waals surface area (Å²) in [6.07, 6.45) is 0. The minimum Gasteiger partial charge on any atom is -0.508 e. The number of aliphatic hydroxyl groups excluding tert-OH is 1. The lowest BCUT2D eigenvalue weighted by molar-refractivity contribution is -0.184. The molecule has 0 saturated carbocycles. The van der Waals surface area contributed by atoms with Gasteiger partial charge in [0.25, 0.3) is 0 Å². The lowest BCUT2D eigenvalue weighted by Crippen LogP contribution is -2.58. The minimum absolute atomic E-state index is 0.0150. The van der Waals surface area contributed by atoms with Crippen LogP contribution in [0.5, 0.6) is 11.5 Å². The van der Waals surface area contributed by atoms with Gasteiger partial charge in [-0.25, -0.2) is 4.79 Å². The molecule has 3 rings (SSSR count). The molecule has 0 spiro atoms. The standard InChI is InChI=1S/C19H16O8/c1-27-17(24)19(26)14(10-2-6-12(20)7-3-10)15(22)16(23)18(19,25)11-4-8-13(21)9-5-11/h2-9,20-22,25-26H,1H3/t18-,19-/m0/s1. The van der Waals surface area contributed by atoms with Crippen LogP contribution in [0.2, 0.25) is 0 Å². The maximum Gasteiger partial charge on any atom is 0.346 e. The van der Waals surface area contributed by atoms with Crippen LogP contribution in [0, 0.1) is 0 Å². The van der Waals surface area contributed by atoms with Crippen LogP contribution >= 0.6 is 0 Å². The molecule has 2 atom stereocenters. The van der Waals surface area contributed by atoms with Gasteiger partial charge in [-0.3, -0.25) is 4.79 Å². The van der Waals surface area contributed by atoms with Crippen molar-refractivity contribution in [1.82, 2.24) is 0 Å². The molecular formula is C19H16O8. The summed E-state index contributed by atoms with van der Waals surface area (Å²) in [6, 6.07) is 9.50. The van der Waals surface area contributed by atoms with Gasteiger partial charge in [0.15, 0.2) is 11.4 Å². The van der Waals surface area contributed by atoms with Gasteiger partial charge < -0.3 is 30.3 Å². The van der Waals surface area contributed by atoms with Gasteiger partial charge >= 0.3 is 5.97 Å². The highest BCUT2D eigenvalue weighted by Gasteiger charge is 2.70. The van der Waals surface area contributed by atoms with E-state index < -0.39 is 34.3 Å². The van der Waals surface area contributed by atoms with Crippen molar-refractivity contribution in [3.05, 3.63) is 65.4 Å². The molecule has 0 bridgehead atoms. The average molecular weight is 372 g/mol. The Kier molecular flexibility index (Phi) is 4.17. The lowest BCUT2D eigenvalue weighted by atomic mass is 9.75. The van der Waals surface area contributed by atoms with E-state index in [4.69, 9.17) is 0 Å². The molecule has 0 amide bonds. The van der Waals surface area contributed by atoms with Crippen LogP contribution in [-0.4, -0.2) is 50.0 Å². The normalized spacial score (nSPS) is 24.9. The molecule has 0 aromatic heterocycles. The number of hydrogen-bond acceptors (Lipinski definition) is 8. The first-order valence-corrected chi connectivity index (χ1v) is 7.78. The van der Waals surface area contributed by atoms with Crippen molar-refractivity contribution in [2.75, 3.05) is 7.11 Å². The maximum absolute atomic E-state index is 12.8. The molecule has 0 radical (unpaired) electrons. The summed E-state index contributed by atoms with van der Waals surface area (Å²) in [5.74, 6) is -4.02. The monoisotopic (exact) mass is 372 g/mol. The molecule has 5 N–H and O–H groups in total. The molecular weight excluding hydrogens is 356 g/mol. The Hall–Kier alpha value is -3.36. The Labute approximate surface area is 153 Å². The molecule has 0 aliphatic heterocycles. The molecule has 0 fully saturated rings. The predicted molar refractivity (Wildman–Crippen MR) is 91.6 cm³/mol. The van der Waals surface area contributed by atoms with Crippen molar-refractivity contribution < 1.29 is 39.9 Å². The highest BCUT2D eigenvalue weighted by Crippen LogP contribution is 2.51. The van der Waals surface area contributed by atoms with Gasteiger partial charge in [0.1, 0.15) is 11.5 Å². The van der Waals surface area contributed by atoms with E-state index in [1.165, 1.54) is 24.3 Å². The number of carbonyl (C=O) groups is 2. The summed E-state index contributed by atoms with van der Waals surface area (Å²) in [5, 5.41) is 51.7. The first-order valence-electron chi connectivity index (χ1n) is 7.78. The number of phenols is 2. The summed E-state index contributed by atoms with van der Waals surface area (Å²) < 4.78 is 4.60. The van der Waals surface area contributed by atoms with Crippen LogP contribution in [0.1, 0.15) is 11.1 Å². The van der Waals surface area contributed by atoms with Gasteiger partial charge in [0, 0.05) is 0 Å². The molecule has 1 aliphatic rings. The Balaban J connectivity index is 2.31. The predicted octanol–water partition coefficient (Wildman–Crippen LogP) is 0.741. The molecule has 8 heteroatoms. The number of ether oxygens (including phenoxy) is 1. The van der Waals surface area contributed by atoms with Gasteiger partial charge in [-0.15, -0.1) is 0 Å². The highest BCUT2D eigenvalue weighted by atomic mass is 16.5. The lowest BCUT2D eigenvalue weighted by Gasteiger charge is -2.36. The summed E-state index contributed by atoms with van der Waals surface area (Å²) in [6.45, 7) is 0. The topological polar surface area (TPSA) is 145 Å². The molecule has 0 unspecified atom stereocenters. The number of aliphatic hydroxyl groups is 3. The van der Waals surface area contributed by atoms with Crippen LogP contribution in [0.25, 0.3) is 5.57 Å². The van der Waals surface area contributed by atoms with Gasteiger partial charge in [0.2, 0.25) is 11.4 Å². The minimum atomic E-state index is -2.98. The third kappa shape index (κ3) is 2.38. The van der Waals surface area contributed by atoms with Gasteiger partial charge in [0.05, 0.1) is 12.7 Å². The van der Waals surface area contributed by atoms with E-state index in [-0.39, 0.29) is 22.6 Å². The Morgan fingerprint density at radius 1 is 0.889 bits per heavy atom. The molecule has 2 aromatic rings. The van der Waals surface area contributed by atoms with Crippen LogP contribution in [0.4, 0.5) is 0 Å². The molecule has 8 nitrogen and oxygen atoms in total. The number of rotatable bonds is 3. The fourth-order valence-corrected chi connectivity index (χ4v) is 3.22. The largest absolute Gasteiger partial charge is 0.508 e. The quantitative estimate of drug-likeness (QED) is 0.496. The third-order valence-corrected chi connectivity index (χ3v) is 4.59. The molecule has 0 heterocycles. The Morgan fingerprint density at radius 2 is 1.37 bits per heavy atom. The zero-order valence-electron chi connectivity index (χ0n) is 14.1. The second-order valence-corrected chi connectivity index (χ2v) is 6.06. The smallest absolute Gasteiger partial charge is 0.346 e. The second-order valence-electron chi connectivity index (χ2n) is 6.06. The second kappa shape index (κ2) is 6.11. The van der Waals surface area contributed by atoms with Crippen LogP contribution in [0.3, 0.4) is 0 Å². The number of methoxy groups -OCH3 is 1. The Morgan fingerprint density at radius 3 is 1.85 bits per heavy atom. The summed E-state index contributed by atoms with van der Waals surface area (Å²) in [4.78, 5) is 25.3. The number of Topliss-reactive ketones (excluding diaryl/α,β-unsaturated/α-hetero) is 1. The van der Waals surface area contributed by atoms with Crippen LogP contribution < -0.4 is 0 Å².